The van der Waals surface area contributed by atoms with Crippen molar-refractivity contribution in [2.75, 3.05) is 5.73 Å². The minimum absolute atomic E-state index is 0.0719. The first kappa shape index (κ1) is 30.6. The molecule has 0 aliphatic rings. The van der Waals surface area contributed by atoms with Gasteiger partial charge in [0, 0.05) is 29.6 Å². The van der Waals surface area contributed by atoms with E-state index in [1.165, 1.54) is 12.1 Å². The zero-order valence-corrected chi connectivity index (χ0v) is 22.1. The third kappa shape index (κ3) is 8.28. The predicted molar refractivity (Wildman–Crippen MR) is 143 cm³/mol. The van der Waals surface area contributed by atoms with Gasteiger partial charge in [0.15, 0.2) is 0 Å². The van der Waals surface area contributed by atoms with Crippen LogP contribution in [0.3, 0.4) is 0 Å². The molecule has 3 aromatic rings. The topological polar surface area (TPSA) is 258 Å². The van der Waals surface area contributed by atoms with Crippen molar-refractivity contribution >= 4 is 58.3 Å². The molecule has 1 aromatic carbocycles. The van der Waals surface area contributed by atoms with Gasteiger partial charge in [0.05, 0.1) is 5.39 Å². The van der Waals surface area contributed by atoms with Crippen LogP contribution in [0.2, 0.25) is 5.02 Å². The first-order valence-corrected chi connectivity index (χ1v) is 12.6. The zero-order chi connectivity index (χ0) is 30.3. The predicted octanol–water partition coefficient (Wildman–Crippen LogP) is 1.08. The number of nitrogen functional groups attached to an aromatic ring is 1. The fourth-order valence-electron chi connectivity index (χ4n) is 4.02. The molecule has 218 valence electrons. The maximum atomic E-state index is 12.7. The Bertz CT molecular complexity index is 1490. The van der Waals surface area contributed by atoms with E-state index in [4.69, 9.17) is 27.5 Å². The summed E-state index contributed by atoms with van der Waals surface area (Å²) in [4.78, 5) is 69.1. The maximum Gasteiger partial charge on any atom is 0.326 e. The van der Waals surface area contributed by atoms with E-state index in [0.717, 1.165) is 5.56 Å². The summed E-state index contributed by atoms with van der Waals surface area (Å²) in [6.07, 6.45) is 0.913. The number of H-pyrrole nitrogens is 1. The number of hydrogen-bond donors (Lipinski definition) is 8. The molecule has 41 heavy (non-hydrogen) atoms. The number of nitrogens with one attached hydrogen (secondary N) is 3. The van der Waals surface area contributed by atoms with E-state index >= 15 is 0 Å². The van der Waals surface area contributed by atoms with Crippen molar-refractivity contribution in [1.82, 2.24) is 25.6 Å². The van der Waals surface area contributed by atoms with Crippen LogP contribution in [0, 0.1) is 0 Å². The summed E-state index contributed by atoms with van der Waals surface area (Å²) in [5, 5.41) is 42.6. The molecular formula is C25H27ClN6O9. The molecule has 0 unspecified atom stereocenters. The fourth-order valence-corrected chi connectivity index (χ4v) is 4.29. The number of carboxylic acids is 3. The number of aromatic nitrogens is 3. The average molecular weight is 591 g/mol. The number of hydrogen-bond acceptors (Lipinski definition) is 9. The summed E-state index contributed by atoms with van der Waals surface area (Å²) in [6, 6.07) is 1.50. The number of aromatic hydroxyl groups is 1. The van der Waals surface area contributed by atoms with Crippen LogP contribution in [-0.4, -0.2) is 77.2 Å². The van der Waals surface area contributed by atoms with Gasteiger partial charge in [0.1, 0.15) is 17.7 Å². The molecule has 9 N–H and O–H groups in total. The average Bonchev–Trinajstić information content (AvgIpc) is 3.30. The normalized spacial score (nSPS) is 12.4. The van der Waals surface area contributed by atoms with Crippen LogP contribution >= 0.6 is 11.6 Å². The molecule has 0 fully saturated rings. The quantitative estimate of drug-likeness (QED) is 0.131. The first-order chi connectivity index (χ1) is 19.3. The Labute approximate surface area is 236 Å². The van der Waals surface area contributed by atoms with Crippen LogP contribution in [-0.2, 0) is 32.0 Å². The smallest absolute Gasteiger partial charge is 0.326 e. The van der Waals surface area contributed by atoms with Crippen molar-refractivity contribution in [2.45, 2.75) is 50.6 Å². The van der Waals surface area contributed by atoms with E-state index in [-0.39, 0.29) is 35.3 Å². The summed E-state index contributed by atoms with van der Waals surface area (Å²) in [6.45, 7) is 0. The summed E-state index contributed by atoms with van der Waals surface area (Å²) in [7, 11) is 0. The van der Waals surface area contributed by atoms with Gasteiger partial charge >= 0.3 is 17.9 Å². The minimum atomic E-state index is -1.47. The molecule has 0 saturated carbocycles. The molecule has 0 aliphatic heterocycles. The lowest BCUT2D eigenvalue weighted by atomic mass is 10.0. The Morgan fingerprint density at radius 3 is 2.20 bits per heavy atom. The molecule has 0 aliphatic carbocycles. The van der Waals surface area contributed by atoms with Gasteiger partial charge in [-0.05, 0) is 48.9 Å². The van der Waals surface area contributed by atoms with Crippen molar-refractivity contribution in [3.8, 4) is 5.88 Å². The highest BCUT2D eigenvalue weighted by Crippen LogP contribution is 2.28. The highest BCUT2D eigenvalue weighted by Gasteiger charge is 2.25. The lowest BCUT2D eigenvalue weighted by Crippen LogP contribution is -2.44. The van der Waals surface area contributed by atoms with E-state index in [9.17, 15) is 34.2 Å². The number of carbonyl (C=O) groups excluding carboxylic acids is 2. The van der Waals surface area contributed by atoms with Crippen LogP contribution in [0.15, 0.2) is 24.4 Å². The maximum absolute atomic E-state index is 12.7. The van der Waals surface area contributed by atoms with Crippen LogP contribution in [0.4, 0.5) is 5.95 Å². The Morgan fingerprint density at radius 1 is 0.927 bits per heavy atom. The van der Waals surface area contributed by atoms with Gasteiger partial charge in [-0.2, -0.15) is 9.97 Å². The molecular weight excluding hydrogens is 564 g/mol. The first-order valence-electron chi connectivity index (χ1n) is 12.2. The lowest BCUT2D eigenvalue weighted by molar-refractivity contribution is -0.143. The van der Waals surface area contributed by atoms with E-state index in [1.54, 1.807) is 12.3 Å². The number of aryl methyl sites for hydroxylation is 2. The number of carbonyl (C=O) groups is 5. The molecule has 2 aromatic heterocycles. The number of aromatic amines is 1. The molecule has 0 bridgehead atoms. The third-order valence-electron chi connectivity index (χ3n) is 6.13. The number of rotatable bonds is 14. The van der Waals surface area contributed by atoms with Crippen molar-refractivity contribution in [1.29, 1.82) is 0 Å². The van der Waals surface area contributed by atoms with Gasteiger partial charge in [0.25, 0.3) is 5.91 Å². The number of nitrogens with zero attached hydrogens (tertiary/aromatic N) is 2. The number of aliphatic carboxylic acids is 3. The van der Waals surface area contributed by atoms with Gasteiger partial charge < -0.3 is 41.8 Å². The second-order valence-electron chi connectivity index (χ2n) is 9.04. The molecule has 2 heterocycles. The molecule has 3 rings (SSSR count). The van der Waals surface area contributed by atoms with Crippen LogP contribution < -0.4 is 16.4 Å². The number of carboxylic acid groups (broad SMARTS) is 3. The van der Waals surface area contributed by atoms with Gasteiger partial charge in [0.2, 0.25) is 17.7 Å². The number of fused-ring (bicyclic) bond motifs is 1. The van der Waals surface area contributed by atoms with Crippen LogP contribution in [0.5, 0.6) is 5.88 Å². The van der Waals surface area contributed by atoms with Crippen LogP contribution in [0.25, 0.3) is 11.0 Å². The lowest BCUT2D eigenvalue weighted by Gasteiger charge is -2.17. The Balaban J connectivity index is 1.59. The third-order valence-corrected chi connectivity index (χ3v) is 6.49. The number of halogens is 1. The second kappa shape index (κ2) is 13.4. The van der Waals surface area contributed by atoms with Gasteiger partial charge in [-0.25, -0.2) is 9.59 Å². The highest BCUT2D eigenvalue weighted by atomic mass is 35.5. The highest BCUT2D eigenvalue weighted by molar-refractivity contribution is 6.31. The second-order valence-corrected chi connectivity index (χ2v) is 9.45. The zero-order valence-electron chi connectivity index (χ0n) is 21.4. The van der Waals surface area contributed by atoms with E-state index < -0.39 is 54.6 Å². The van der Waals surface area contributed by atoms with Crippen molar-refractivity contribution in [3.05, 3.63) is 46.1 Å². The molecule has 0 spiro atoms. The molecule has 0 radical (unpaired) electrons. The standard InChI is InChI=1S/C25H27ClN6O9/c26-14-9-12(3-1-11(14)2-4-13-10-28-20-19(13)22(37)32-25(27)31-20)21(36)30-16(24(40)41)5-7-17(33)29-15(23(38)39)6-8-18(34)35/h1,3,9-10,15-16H,2,4-8H2,(H,29,33)(H,30,36)(H,34,35)(H,38,39)(H,40,41)(H4,27,28,31,32,37)/t15-,16-/m0/s1. The molecule has 15 nitrogen and oxygen atoms in total. The molecule has 2 amide bonds. The van der Waals surface area contributed by atoms with Crippen molar-refractivity contribution < 1.29 is 44.4 Å². The van der Waals surface area contributed by atoms with Gasteiger partial charge in [-0.1, -0.05) is 17.7 Å². The van der Waals surface area contributed by atoms with E-state index in [1.807, 2.05) is 0 Å². The number of amides is 2. The monoisotopic (exact) mass is 590 g/mol. The molecule has 2 atom stereocenters. The number of benzene rings is 1. The summed E-state index contributed by atoms with van der Waals surface area (Å²) in [5.74, 6) is -5.98. The van der Waals surface area contributed by atoms with Crippen molar-refractivity contribution in [2.24, 2.45) is 0 Å². The van der Waals surface area contributed by atoms with Crippen LogP contribution in [0.1, 0.15) is 47.2 Å². The number of anilines is 1. The summed E-state index contributed by atoms with van der Waals surface area (Å²) >= 11 is 6.37. The van der Waals surface area contributed by atoms with Crippen molar-refractivity contribution in [3.63, 3.8) is 0 Å². The van der Waals surface area contributed by atoms with Gasteiger partial charge in [-0.3, -0.25) is 14.4 Å². The van der Waals surface area contributed by atoms with E-state index in [2.05, 4.69) is 25.6 Å². The molecule has 0 saturated heterocycles. The summed E-state index contributed by atoms with van der Waals surface area (Å²) < 4.78 is 0. The Kier molecular flexibility index (Phi) is 10.0. The number of nitrogens with two attached hydrogens (primary N) is 1. The minimum Gasteiger partial charge on any atom is -0.493 e. The largest absolute Gasteiger partial charge is 0.493 e. The summed E-state index contributed by atoms with van der Waals surface area (Å²) in [5.41, 5.74) is 7.39. The van der Waals surface area contributed by atoms with E-state index in [0.29, 0.717) is 29.4 Å². The van der Waals surface area contributed by atoms with Gasteiger partial charge in [-0.15, -0.1) is 0 Å². The Hall–Kier alpha value is -4.92. The molecule has 16 heteroatoms. The Morgan fingerprint density at radius 2 is 1.56 bits per heavy atom. The fraction of sp³-hybridized carbons (Fsp3) is 0.320. The SMILES string of the molecule is Nc1nc(O)c2c(CCc3ccc(C(=O)N[C@@H](CCC(=O)N[C@@H](CCC(=O)O)C(=O)O)C(=O)O)cc3Cl)c[nH]c2n1.